The van der Waals surface area contributed by atoms with Gasteiger partial charge in [-0.1, -0.05) is 87.4 Å². The Labute approximate surface area is 208 Å². The molecule has 1 saturated carbocycles. The van der Waals surface area contributed by atoms with Crippen molar-refractivity contribution in [2.24, 2.45) is 29.4 Å². The predicted octanol–water partition coefficient (Wildman–Crippen LogP) is 6.76. The first-order chi connectivity index (χ1) is 16.5. The van der Waals surface area contributed by atoms with Gasteiger partial charge in [-0.15, -0.1) is 0 Å². The minimum absolute atomic E-state index is 0.0766. The molecule has 4 atom stereocenters. The number of unbranched alkanes of at least 4 members (excludes halogenated alkanes) is 2. The van der Waals surface area contributed by atoms with Crippen LogP contribution in [-0.4, -0.2) is 28.8 Å². The SMILES string of the molecule is CC(O)C(C(=O)O)C(CCc1ccccc1)C(CCN)CCCCC=CCCC1CCCCC1. The molecule has 1 aliphatic rings. The van der Waals surface area contributed by atoms with Crippen molar-refractivity contribution in [2.75, 3.05) is 6.54 Å². The number of nitrogens with two attached hydrogens (primary N) is 1. The molecule has 192 valence electrons. The van der Waals surface area contributed by atoms with Gasteiger partial charge in [0.15, 0.2) is 0 Å². The van der Waals surface area contributed by atoms with E-state index in [-0.39, 0.29) is 11.8 Å². The summed E-state index contributed by atoms with van der Waals surface area (Å²) in [5.41, 5.74) is 7.17. The van der Waals surface area contributed by atoms with E-state index in [1.807, 2.05) is 18.2 Å². The van der Waals surface area contributed by atoms with E-state index in [9.17, 15) is 15.0 Å². The highest BCUT2D eigenvalue weighted by Crippen LogP contribution is 2.35. The maximum Gasteiger partial charge on any atom is 0.309 e. The van der Waals surface area contributed by atoms with Gasteiger partial charge in [0.1, 0.15) is 0 Å². The molecule has 0 bridgehead atoms. The minimum Gasteiger partial charge on any atom is -0.481 e. The summed E-state index contributed by atoms with van der Waals surface area (Å²) in [5, 5.41) is 20.2. The topological polar surface area (TPSA) is 83.5 Å². The first kappa shape index (κ1) is 28.6. The zero-order valence-electron chi connectivity index (χ0n) is 21.4. The molecule has 0 aliphatic heterocycles. The second-order valence-corrected chi connectivity index (χ2v) is 10.5. The normalized spacial score (nSPS) is 18.6. The number of allylic oxidation sites excluding steroid dienone is 2. The summed E-state index contributed by atoms with van der Waals surface area (Å²) in [6, 6.07) is 10.2. The highest BCUT2D eigenvalue weighted by atomic mass is 16.4. The lowest BCUT2D eigenvalue weighted by molar-refractivity contribution is -0.149. The molecule has 0 aromatic heterocycles. The average Bonchev–Trinajstić information content (AvgIpc) is 2.83. The number of benzene rings is 1. The standard InChI is InChI=1S/C30H49NO3/c1-24(32)29(30(33)34)28(21-20-26-17-11-7-12-18-26)27(22-23-31)19-13-5-3-2-4-8-14-25-15-9-6-10-16-25/h2,4,7,11-12,17-18,24-25,27-29,32H,3,5-6,8-10,13-16,19-23,31H2,1H3,(H,33,34). The molecule has 0 saturated heterocycles. The van der Waals surface area contributed by atoms with E-state index < -0.39 is 18.0 Å². The minimum atomic E-state index is -0.893. The van der Waals surface area contributed by atoms with E-state index in [1.54, 1.807) is 6.92 Å². The van der Waals surface area contributed by atoms with Crippen molar-refractivity contribution in [1.29, 1.82) is 0 Å². The predicted molar refractivity (Wildman–Crippen MR) is 142 cm³/mol. The molecule has 4 N–H and O–H groups in total. The lowest BCUT2D eigenvalue weighted by Crippen LogP contribution is -2.38. The Bertz CT molecular complexity index is 682. The first-order valence-corrected chi connectivity index (χ1v) is 13.8. The van der Waals surface area contributed by atoms with E-state index in [0.29, 0.717) is 6.54 Å². The van der Waals surface area contributed by atoms with E-state index >= 15 is 0 Å². The number of hydrogen-bond donors (Lipinski definition) is 3. The molecule has 2 rings (SSSR count). The van der Waals surface area contributed by atoms with Gasteiger partial charge < -0.3 is 15.9 Å². The number of rotatable bonds is 17. The summed E-state index contributed by atoms with van der Waals surface area (Å²) >= 11 is 0. The smallest absolute Gasteiger partial charge is 0.309 e. The van der Waals surface area contributed by atoms with Crippen LogP contribution in [0.2, 0.25) is 0 Å². The zero-order chi connectivity index (χ0) is 24.6. The van der Waals surface area contributed by atoms with Crippen LogP contribution in [0.1, 0.15) is 96.0 Å². The van der Waals surface area contributed by atoms with Crippen molar-refractivity contribution in [3.63, 3.8) is 0 Å². The number of carboxylic acid groups (broad SMARTS) is 1. The third-order valence-corrected chi connectivity index (χ3v) is 7.85. The Morgan fingerprint density at radius 3 is 2.38 bits per heavy atom. The second-order valence-electron chi connectivity index (χ2n) is 10.5. The van der Waals surface area contributed by atoms with Crippen LogP contribution in [0.5, 0.6) is 0 Å². The number of aliphatic hydroxyl groups is 1. The van der Waals surface area contributed by atoms with Gasteiger partial charge in [0, 0.05) is 0 Å². The van der Waals surface area contributed by atoms with Gasteiger partial charge in [-0.2, -0.15) is 0 Å². The van der Waals surface area contributed by atoms with Crippen molar-refractivity contribution < 1.29 is 15.0 Å². The van der Waals surface area contributed by atoms with Crippen LogP contribution < -0.4 is 5.73 Å². The summed E-state index contributed by atoms with van der Waals surface area (Å²) in [4.78, 5) is 12.1. The average molecular weight is 472 g/mol. The van der Waals surface area contributed by atoms with Gasteiger partial charge >= 0.3 is 5.97 Å². The largest absolute Gasteiger partial charge is 0.481 e. The quantitative estimate of drug-likeness (QED) is 0.173. The number of hydrogen-bond acceptors (Lipinski definition) is 3. The summed E-state index contributed by atoms with van der Waals surface area (Å²) in [6.45, 7) is 2.17. The Balaban J connectivity index is 1.85. The maximum absolute atomic E-state index is 12.1. The van der Waals surface area contributed by atoms with E-state index in [2.05, 4.69) is 24.3 Å². The number of aliphatic hydroxyl groups excluding tert-OH is 1. The molecule has 4 nitrogen and oxygen atoms in total. The van der Waals surface area contributed by atoms with E-state index in [1.165, 1.54) is 50.5 Å². The number of aryl methyl sites for hydroxylation is 1. The van der Waals surface area contributed by atoms with E-state index in [4.69, 9.17) is 5.73 Å². The van der Waals surface area contributed by atoms with Gasteiger partial charge in [0.2, 0.25) is 0 Å². The molecule has 1 aliphatic carbocycles. The molecule has 0 spiro atoms. The molecular formula is C30H49NO3. The van der Waals surface area contributed by atoms with Crippen LogP contribution in [0, 0.1) is 23.7 Å². The van der Waals surface area contributed by atoms with Gasteiger partial charge in [-0.25, -0.2) is 0 Å². The second kappa shape index (κ2) is 16.9. The van der Waals surface area contributed by atoms with Crippen LogP contribution in [0.4, 0.5) is 0 Å². The van der Waals surface area contributed by atoms with E-state index in [0.717, 1.165) is 50.9 Å². The lowest BCUT2D eigenvalue weighted by Gasteiger charge is -2.33. The highest BCUT2D eigenvalue weighted by molar-refractivity contribution is 5.71. The van der Waals surface area contributed by atoms with Crippen molar-refractivity contribution >= 4 is 5.97 Å². The Hall–Kier alpha value is -1.65. The molecule has 4 unspecified atom stereocenters. The molecule has 0 heterocycles. The van der Waals surface area contributed by atoms with Gasteiger partial charge in [-0.3, -0.25) is 4.79 Å². The highest BCUT2D eigenvalue weighted by Gasteiger charge is 2.36. The molecular weight excluding hydrogens is 422 g/mol. The monoisotopic (exact) mass is 471 g/mol. The molecule has 4 heteroatoms. The fourth-order valence-corrected chi connectivity index (χ4v) is 5.93. The third-order valence-electron chi connectivity index (χ3n) is 7.85. The molecule has 1 aromatic carbocycles. The maximum atomic E-state index is 12.1. The van der Waals surface area contributed by atoms with Crippen LogP contribution in [-0.2, 0) is 11.2 Å². The van der Waals surface area contributed by atoms with Crippen LogP contribution in [0.25, 0.3) is 0 Å². The van der Waals surface area contributed by atoms with Crippen molar-refractivity contribution in [1.82, 2.24) is 0 Å². The van der Waals surface area contributed by atoms with Gasteiger partial charge in [0.25, 0.3) is 0 Å². The number of aliphatic carboxylic acids is 1. The van der Waals surface area contributed by atoms with Gasteiger partial charge in [0.05, 0.1) is 12.0 Å². The summed E-state index contributed by atoms with van der Waals surface area (Å²) in [6.07, 6.45) is 20.2. The van der Waals surface area contributed by atoms with Crippen LogP contribution >= 0.6 is 0 Å². The van der Waals surface area contributed by atoms with Crippen molar-refractivity contribution in [3.05, 3.63) is 48.0 Å². The Morgan fingerprint density at radius 2 is 1.74 bits per heavy atom. The third kappa shape index (κ3) is 10.7. The number of carboxylic acids is 1. The molecule has 1 fully saturated rings. The van der Waals surface area contributed by atoms with Crippen LogP contribution in [0.3, 0.4) is 0 Å². The Kier molecular flexibility index (Phi) is 14.2. The Morgan fingerprint density at radius 1 is 1.03 bits per heavy atom. The molecule has 34 heavy (non-hydrogen) atoms. The zero-order valence-corrected chi connectivity index (χ0v) is 21.4. The van der Waals surface area contributed by atoms with Crippen molar-refractivity contribution in [2.45, 2.75) is 103 Å². The fraction of sp³-hybridized carbons (Fsp3) is 0.700. The lowest BCUT2D eigenvalue weighted by atomic mass is 9.72. The summed E-state index contributed by atoms with van der Waals surface area (Å²) in [7, 11) is 0. The fourth-order valence-electron chi connectivity index (χ4n) is 5.93. The van der Waals surface area contributed by atoms with Gasteiger partial charge in [-0.05, 0) is 81.7 Å². The summed E-state index contributed by atoms with van der Waals surface area (Å²) < 4.78 is 0. The first-order valence-electron chi connectivity index (χ1n) is 13.8. The van der Waals surface area contributed by atoms with Crippen molar-refractivity contribution in [3.8, 4) is 0 Å². The number of carbonyl (C=O) groups is 1. The summed E-state index contributed by atoms with van der Waals surface area (Å²) in [5.74, 6) is -0.553. The molecule has 0 radical (unpaired) electrons. The molecule has 0 amide bonds. The molecule has 1 aromatic rings. The van der Waals surface area contributed by atoms with Crippen LogP contribution in [0.15, 0.2) is 42.5 Å².